The van der Waals surface area contributed by atoms with Gasteiger partial charge in [0, 0.05) is 8.07 Å². The molecular weight excluding hydrogens is 321 g/mol. The first kappa shape index (κ1) is 22.5. The van der Waals surface area contributed by atoms with Crippen molar-refractivity contribution in [1.82, 2.24) is 0 Å². The molecule has 0 spiro atoms. The van der Waals surface area contributed by atoms with E-state index in [1.165, 1.54) is 6.92 Å². The Kier molecular flexibility index (Phi) is 8.34. The topological polar surface area (TPSA) is 26.3 Å². The van der Waals surface area contributed by atoms with E-state index >= 15 is 0 Å². The summed E-state index contributed by atoms with van der Waals surface area (Å²) in [6.07, 6.45) is -3.89. The Morgan fingerprint density at radius 3 is 2.00 bits per heavy atom. The molecule has 2 atom stereocenters. The van der Waals surface area contributed by atoms with Crippen LogP contribution < -0.4 is 0 Å². The third kappa shape index (κ3) is 6.47. The van der Waals surface area contributed by atoms with Gasteiger partial charge in [-0.05, 0) is 24.7 Å². The van der Waals surface area contributed by atoms with Crippen molar-refractivity contribution in [1.29, 1.82) is 0 Å². The van der Waals surface area contributed by atoms with Gasteiger partial charge >= 0.3 is 12.1 Å². The summed E-state index contributed by atoms with van der Waals surface area (Å²) in [5.41, 5.74) is -2.39. The van der Waals surface area contributed by atoms with Gasteiger partial charge in [-0.3, -0.25) is 4.79 Å². The van der Waals surface area contributed by atoms with Crippen molar-refractivity contribution in [3.8, 4) is 0 Å². The molecular formula is C17H33F3O2Si. The highest BCUT2D eigenvalue weighted by Gasteiger charge is 2.63. The molecule has 0 saturated heterocycles. The summed E-state index contributed by atoms with van der Waals surface area (Å²) in [5.74, 6) is -2.13. The Morgan fingerprint density at radius 1 is 1.13 bits per heavy atom. The SMILES string of the molecule is CCC(C)C(CC(C)C)(C(=O)OCCC[Si](C)(C)C)C(F)(F)F. The van der Waals surface area contributed by atoms with Crippen LogP contribution in [0.5, 0.6) is 0 Å². The highest BCUT2D eigenvalue weighted by molar-refractivity contribution is 6.76. The first-order valence-electron chi connectivity index (χ1n) is 8.52. The minimum absolute atomic E-state index is 0.0788. The van der Waals surface area contributed by atoms with Crippen LogP contribution >= 0.6 is 0 Å². The molecule has 23 heavy (non-hydrogen) atoms. The lowest BCUT2D eigenvalue weighted by Crippen LogP contribution is -2.51. The standard InChI is InChI=1S/C17H33F3O2Si/c1-8-14(4)16(12-13(2)3,17(18,19)20)15(21)22-10-9-11-23(5,6)7/h13-14H,8-12H2,1-7H3. The number of ether oxygens (including phenoxy) is 1. The average Bonchev–Trinajstić information content (AvgIpc) is 2.36. The first-order chi connectivity index (χ1) is 10.3. The summed E-state index contributed by atoms with van der Waals surface area (Å²) < 4.78 is 46.6. The number of rotatable bonds is 9. The maximum Gasteiger partial charge on any atom is 0.405 e. The second-order valence-electron chi connectivity index (χ2n) is 8.18. The molecule has 138 valence electrons. The quantitative estimate of drug-likeness (QED) is 0.293. The summed E-state index contributed by atoms with van der Waals surface area (Å²) in [7, 11) is -1.28. The van der Waals surface area contributed by atoms with E-state index in [0.29, 0.717) is 6.42 Å². The molecule has 0 aliphatic rings. The molecule has 0 bridgehead atoms. The van der Waals surface area contributed by atoms with Crippen molar-refractivity contribution in [2.75, 3.05) is 6.61 Å². The van der Waals surface area contributed by atoms with Crippen LogP contribution in [0, 0.1) is 17.3 Å². The number of halogens is 3. The van der Waals surface area contributed by atoms with E-state index in [1.807, 2.05) is 0 Å². The first-order valence-corrected chi connectivity index (χ1v) is 12.2. The zero-order valence-corrected chi connectivity index (χ0v) is 16.6. The van der Waals surface area contributed by atoms with Gasteiger partial charge < -0.3 is 4.74 Å². The van der Waals surface area contributed by atoms with E-state index in [4.69, 9.17) is 4.74 Å². The molecule has 0 saturated carbocycles. The van der Waals surface area contributed by atoms with Crippen molar-refractivity contribution >= 4 is 14.0 Å². The second kappa shape index (κ2) is 8.54. The van der Waals surface area contributed by atoms with Gasteiger partial charge in [0.15, 0.2) is 5.41 Å². The molecule has 2 unspecified atom stereocenters. The monoisotopic (exact) mass is 354 g/mol. The van der Waals surface area contributed by atoms with Crippen LogP contribution in [0.4, 0.5) is 13.2 Å². The Morgan fingerprint density at radius 2 is 1.65 bits per heavy atom. The van der Waals surface area contributed by atoms with Gasteiger partial charge in [0.05, 0.1) is 6.61 Å². The lowest BCUT2D eigenvalue weighted by atomic mass is 9.69. The van der Waals surface area contributed by atoms with Gasteiger partial charge in [0.2, 0.25) is 0 Å². The van der Waals surface area contributed by atoms with Gasteiger partial charge in [-0.2, -0.15) is 13.2 Å². The second-order valence-corrected chi connectivity index (χ2v) is 13.8. The molecule has 0 heterocycles. The number of carbonyl (C=O) groups is 1. The van der Waals surface area contributed by atoms with Gasteiger partial charge in [-0.25, -0.2) is 0 Å². The molecule has 6 heteroatoms. The predicted octanol–water partition coefficient (Wildman–Crippen LogP) is 5.90. The van der Waals surface area contributed by atoms with E-state index in [9.17, 15) is 18.0 Å². The van der Waals surface area contributed by atoms with Gasteiger partial charge in [-0.15, -0.1) is 0 Å². The maximum absolute atomic E-state index is 13.8. The normalized spacial score (nSPS) is 17.0. The Bertz CT molecular complexity index is 375. The fourth-order valence-electron chi connectivity index (χ4n) is 2.89. The fourth-order valence-corrected chi connectivity index (χ4v) is 4.09. The molecule has 0 fully saturated rings. The van der Waals surface area contributed by atoms with Crippen molar-refractivity contribution in [2.45, 2.75) is 78.8 Å². The zero-order chi connectivity index (χ0) is 18.5. The van der Waals surface area contributed by atoms with Crippen LogP contribution in [-0.2, 0) is 9.53 Å². The molecule has 0 aliphatic carbocycles. The van der Waals surface area contributed by atoms with E-state index in [1.54, 1.807) is 20.8 Å². The molecule has 0 aromatic rings. The lowest BCUT2D eigenvalue weighted by molar-refractivity contribution is -0.253. The summed E-state index contributed by atoms with van der Waals surface area (Å²) in [6.45, 7) is 13.2. The van der Waals surface area contributed by atoms with Crippen LogP contribution in [0.25, 0.3) is 0 Å². The lowest BCUT2D eigenvalue weighted by Gasteiger charge is -2.39. The molecule has 0 aromatic heterocycles. The van der Waals surface area contributed by atoms with Crippen LogP contribution in [-0.4, -0.2) is 26.8 Å². The van der Waals surface area contributed by atoms with Crippen molar-refractivity contribution in [3.05, 3.63) is 0 Å². The number of hydrogen-bond donors (Lipinski definition) is 0. The third-order valence-electron chi connectivity index (χ3n) is 4.36. The van der Waals surface area contributed by atoms with Gasteiger partial charge in [0.25, 0.3) is 0 Å². The Balaban J connectivity index is 5.22. The molecule has 2 nitrogen and oxygen atoms in total. The molecule has 0 amide bonds. The predicted molar refractivity (Wildman–Crippen MR) is 91.1 cm³/mol. The summed E-state index contributed by atoms with van der Waals surface area (Å²) in [5, 5.41) is 0. The molecule has 0 N–H and O–H groups in total. The van der Waals surface area contributed by atoms with E-state index in [-0.39, 0.29) is 25.4 Å². The maximum atomic E-state index is 13.8. The van der Waals surface area contributed by atoms with Gasteiger partial charge in [-0.1, -0.05) is 59.8 Å². The third-order valence-corrected chi connectivity index (χ3v) is 6.21. The summed E-state index contributed by atoms with van der Waals surface area (Å²) >= 11 is 0. The molecule has 0 rings (SSSR count). The number of esters is 1. The Labute approximate surface area is 140 Å². The van der Waals surface area contributed by atoms with Crippen LogP contribution in [0.1, 0.15) is 47.0 Å². The van der Waals surface area contributed by atoms with Crippen LogP contribution in [0.2, 0.25) is 25.7 Å². The van der Waals surface area contributed by atoms with Crippen molar-refractivity contribution in [2.24, 2.45) is 17.3 Å². The number of alkyl halides is 3. The smallest absolute Gasteiger partial charge is 0.405 e. The molecule has 0 aromatic carbocycles. The van der Waals surface area contributed by atoms with Crippen LogP contribution in [0.3, 0.4) is 0 Å². The summed E-state index contributed by atoms with van der Waals surface area (Å²) in [6, 6.07) is 0.937. The van der Waals surface area contributed by atoms with Gasteiger partial charge in [0.1, 0.15) is 0 Å². The number of hydrogen-bond acceptors (Lipinski definition) is 2. The van der Waals surface area contributed by atoms with E-state index in [0.717, 1.165) is 6.04 Å². The largest absolute Gasteiger partial charge is 0.465 e. The zero-order valence-electron chi connectivity index (χ0n) is 15.6. The van der Waals surface area contributed by atoms with Crippen molar-refractivity contribution < 1.29 is 22.7 Å². The minimum Gasteiger partial charge on any atom is -0.465 e. The summed E-state index contributed by atoms with van der Waals surface area (Å²) in [4.78, 5) is 12.4. The van der Waals surface area contributed by atoms with Crippen molar-refractivity contribution in [3.63, 3.8) is 0 Å². The highest BCUT2D eigenvalue weighted by atomic mass is 28.3. The van der Waals surface area contributed by atoms with Crippen LogP contribution in [0.15, 0.2) is 0 Å². The average molecular weight is 355 g/mol. The number of carbonyl (C=O) groups excluding carboxylic acids is 1. The fraction of sp³-hybridized carbons (Fsp3) is 0.941. The molecule has 0 radical (unpaired) electrons. The highest BCUT2D eigenvalue weighted by Crippen LogP contribution is 2.50. The Hall–Kier alpha value is -0.523. The van der Waals surface area contributed by atoms with E-state index in [2.05, 4.69) is 19.6 Å². The minimum atomic E-state index is -4.59. The van der Waals surface area contributed by atoms with E-state index < -0.39 is 31.6 Å². The molecule has 0 aliphatic heterocycles.